The lowest BCUT2D eigenvalue weighted by Crippen LogP contribution is -2.37. The molecule has 14 heavy (non-hydrogen) atoms. The molecule has 0 amide bonds. The molecule has 0 unspecified atom stereocenters. The molecule has 0 aliphatic carbocycles. The van der Waals surface area contributed by atoms with Gasteiger partial charge >= 0.3 is 11.9 Å². The molecule has 0 spiro atoms. The summed E-state index contributed by atoms with van der Waals surface area (Å²) in [6.07, 6.45) is 0.929. The molecule has 1 heterocycles. The number of nitrogens with zero attached hydrogens (tertiary/aromatic N) is 1. The van der Waals surface area contributed by atoms with Gasteiger partial charge in [0.2, 0.25) is 0 Å². The fraction of sp³-hybridized carbons (Fsp3) is 0.625. The van der Waals surface area contributed by atoms with Crippen LogP contribution in [-0.2, 0) is 9.59 Å². The Morgan fingerprint density at radius 2 is 2.21 bits per heavy atom. The van der Waals surface area contributed by atoms with E-state index in [9.17, 15) is 9.59 Å². The van der Waals surface area contributed by atoms with E-state index in [1.807, 2.05) is 0 Å². The van der Waals surface area contributed by atoms with Crippen LogP contribution in [-0.4, -0.2) is 40.1 Å². The number of nitrogens with one attached hydrogen (secondary N) is 1. The zero-order valence-electron chi connectivity index (χ0n) is 7.73. The highest BCUT2D eigenvalue weighted by Crippen LogP contribution is 2.12. The fourth-order valence-electron chi connectivity index (χ4n) is 1.19. The van der Waals surface area contributed by atoms with Crippen LogP contribution in [0.1, 0.15) is 19.8 Å². The van der Waals surface area contributed by atoms with Crippen LogP contribution < -0.4 is 5.32 Å². The van der Waals surface area contributed by atoms with E-state index >= 15 is 0 Å². The molecular formula is C8H12N2O4. The van der Waals surface area contributed by atoms with Crippen LogP contribution in [0.3, 0.4) is 0 Å². The standard InChI is InChI=1S/C8H12N2O4/c1-4(7(11)12)9-6-3-2-5(10-6)8(13)14/h4-5H,2-3H2,1H3,(H,9,10)(H,11,12)(H,13,14)/t4-,5-/m0/s1. The molecule has 0 aromatic carbocycles. The number of hydrogen-bond donors (Lipinski definition) is 3. The van der Waals surface area contributed by atoms with Crippen molar-refractivity contribution in [3.05, 3.63) is 0 Å². The van der Waals surface area contributed by atoms with Gasteiger partial charge in [-0.05, 0) is 13.3 Å². The molecule has 1 aliphatic heterocycles. The second-order valence-electron chi connectivity index (χ2n) is 3.17. The Labute approximate surface area is 80.6 Å². The predicted octanol–water partition coefficient (Wildman–Crippen LogP) is -0.305. The van der Waals surface area contributed by atoms with Crippen LogP contribution in [0.15, 0.2) is 4.99 Å². The largest absolute Gasteiger partial charge is 0.480 e. The number of amidine groups is 1. The second kappa shape index (κ2) is 4.08. The fourth-order valence-corrected chi connectivity index (χ4v) is 1.19. The minimum absolute atomic E-state index is 0.435. The summed E-state index contributed by atoms with van der Waals surface area (Å²) in [5, 5.41) is 19.9. The molecule has 2 atom stereocenters. The van der Waals surface area contributed by atoms with Gasteiger partial charge in [-0.3, -0.25) is 9.79 Å². The maximum absolute atomic E-state index is 10.5. The number of hydrogen-bond acceptors (Lipinski definition) is 4. The molecule has 6 heteroatoms. The molecule has 0 aromatic rings. The number of carboxylic acid groups (broad SMARTS) is 2. The van der Waals surface area contributed by atoms with E-state index in [2.05, 4.69) is 10.3 Å². The van der Waals surface area contributed by atoms with Crippen LogP contribution in [0, 0.1) is 0 Å². The van der Waals surface area contributed by atoms with E-state index in [1.54, 1.807) is 0 Å². The van der Waals surface area contributed by atoms with E-state index < -0.39 is 24.0 Å². The van der Waals surface area contributed by atoms with Gasteiger partial charge in [-0.25, -0.2) is 4.79 Å². The first kappa shape index (κ1) is 10.5. The summed E-state index contributed by atoms with van der Waals surface area (Å²) >= 11 is 0. The first-order valence-electron chi connectivity index (χ1n) is 4.29. The third-order valence-corrected chi connectivity index (χ3v) is 2.00. The molecule has 0 bridgehead atoms. The number of aliphatic imine (C=N–C) groups is 1. The molecular weight excluding hydrogens is 188 g/mol. The van der Waals surface area contributed by atoms with Gasteiger partial charge < -0.3 is 15.5 Å². The highest BCUT2D eigenvalue weighted by molar-refractivity contribution is 5.91. The van der Waals surface area contributed by atoms with E-state index in [1.165, 1.54) is 6.92 Å². The Balaban J connectivity index is 2.52. The molecule has 0 fully saturated rings. The Kier molecular flexibility index (Phi) is 3.06. The molecule has 0 saturated carbocycles. The van der Waals surface area contributed by atoms with Crippen molar-refractivity contribution in [2.75, 3.05) is 0 Å². The molecule has 6 nitrogen and oxygen atoms in total. The van der Waals surface area contributed by atoms with Crippen molar-refractivity contribution >= 4 is 17.8 Å². The summed E-state index contributed by atoms with van der Waals surface area (Å²) < 4.78 is 0. The van der Waals surface area contributed by atoms with Crippen molar-refractivity contribution in [1.29, 1.82) is 0 Å². The molecule has 1 aliphatic rings. The molecule has 0 aromatic heterocycles. The molecule has 0 radical (unpaired) electrons. The number of rotatable bonds is 3. The van der Waals surface area contributed by atoms with Gasteiger partial charge in [0.15, 0.2) is 0 Å². The smallest absolute Gasteiger partial charge is 0.328 e. The van der Waals surface area contributed by atoms with Crippen LogP contribution in [0.2, 0.25) is 0 Å². The van der Waals surface area contributed by atoms with E-state index in [4.69, 9.17) is 10.2 Å². The lowest BCUT2D eigenvalue weighted by molar-refractivity contribution is -0.139. The number of carboxylic acids is 2. The van der Waals surface area contributed by atoms with Crippen LogP contribution in [0.25, 0.3) is 0 Å². The minimum atomic E-state index is -0.980. The Bertz CT molecular complexity index is 287. The van der Waals surface area contributed by atoms with Crippen LogP contribution >= 0.6 is 0 Å². The Morgan fingerprint density at radius 3 is 2.64 bits per heavy atom. The highest BCUT2D eigenvalue weighted by Gasteiger charge is 2.25. The van der Waals surface area contributed by atoms with Crippen LogP contribution in [0.5, 0.6) is 0 Å². The number of aliphatic carboxylic acids is 2. The zero-order valence-corrected chi connectivity index (χ0v) is 7.73. The molecule has 78 valence electrons. The topological polar surface area (TPSA) is 99.0 Å². The summed E-state index contributed by atoms with van der Waals surface area (Å²) in [6.45, 7) is 1.49. The Morgan fingerprint density at radius 1 is 1.57 bits per heavy atom. The summed E-state index contributed by atoms with van der Waals surface area (Å²) in [6, 6.07) is -1.46. The summed E-state index contributed by atoms with van der Waals surface area (Å²) in [4.78, 5) is 24.8. The Hall–Kier alpha value is -1.59. The predicted molar refractivity (Wildman–Crippen MR) is 48.3 cm³/mol. The van der Waals surface area contributed by atoms with Gasteiger partial charge in [-0.15, -0.1) is 0 Å². The first-order valence-corrected chi connectivity index (χ1v) is 4.29. The van der Waals surface area contributed by atoms with Crippen molar-refractivity contribution in [2.24, 2.45) is 4.99 Å². The van der Waals surface area contributed by atoms with Gasteiger partial charge in [0, 0.05) is 6.42 Å². The summed E-state index contributed by atoms with van der Waals surface area (Å²) in [5.41, 5.74) is 0. The summed E-state index contributed by atoms with van der Waals surface area (Å²) in [7, 11) is 0. The molecule has 1 rings (SSSR count). The lowest BCUT2D eigenvalue weighted by Gasteiger charge is -2.09. The van der Waals surface area contributed by atoms with E-state index in [0.717, 1.165) is 0 Å². The van der Waals surface area contributed by atoms with Gasteiger partial charge in [-0.2, -0.15) is 0 Å². The van der Waals surface area contributed by atoms with E-state index in [0.29, 0.717) is 18.7 Å². The van der Waals surface area contributed by atoms with Crippen molar-refractivity contribution in [1.82, 2.24) is 5.32 Å². The van der Waals surface area contributed by atoms with Crippen molar-refractivity contribution in [2.45, 2.75) is 31.8 Å². The average molecular weight is 200 g/mol. The normalized spacial score (nSPS) is 22.6. The van der Waals surface area contributed by atoms with Gasteiger partial charge in [0.05, 0.1) is 5.84 Å². The number of carbonyl (C=O) groups is 2. The van der Waals surface area contributed by atoms with Crippen molar-refractivity contribution in [3.63, 3.8) is 0 Å². The molecule has 0 saturated heterocycles. The SMILES string of the molecule is C[C@H](NC1=N[C@H](C(=O)O)CC1)C(=O)O. The van der Waals surface area contributed by atoms with Crippen LogP contribution in [0.4, 0.5) is 0 Å². The highest BCUT2D eigenvalue weighted by atomic mass is 16.4. The maximum atomic E-state index is 10.5. The minimum Gasteiger partial charge on any atom is -0.480 e. The van der Waals surface area contributed by atoms with Gasteiger partial charge in [0.1, 0.15) is 12.1 Å². The zero-order chi connectivity index (χ0) is 10.7. The third kappa shape index (κ3) is 2.45. The maximum Gasteiger partial charge on any atom is 0.328 e. The van der Waals surface area contributed by atoms with Gasteiger partial charge in [0.25, 0.3) is 0 Å². The first-order chi connectivity index (χ1) is 6.50. The van der Waals surface area contributed by atoms with Crippen molar-refractivity contribution < 1.29 is 19.8 Å². The summed E-state index contributed by atoms with van der Waals surface area (Å²) in [5.74, 6) is -1.48. The van der Waals surface area contributed by atoms with Gasteiger partial charge in [-0.1, -0.05) is 0 Å². The quantitative estimate of drug-likeness (QED) is 0.580. The average Bonchev–Trinajstić information content (AvgIpc) is 2.52. The second-order valence-corrected chi connectivity index (χ2v) is 3.17. The lowest BCUT2D eigenvalue weighted by atomic mass is 10.2. The molecule has 3 N–H and O–H groups in total. The van der Waals surface area contributed by atoms with E-state index in [-0.39, 0.29) is 0 Å². The monoisotopic (exact) mass is 200 g/mol. The van der Waals surface area contributed by atoms with Crippen molar-refractivity contribution in [3.8, 4) is 0 Å². The third-order valence-electron chi connectivity index (χ3n) is 2.00.